The van der Waals surface area contributed by atoms with Crippen molar-refractivity contribution in [2.24, 2.45) is 0 Å². The summed E-state index contributed by atoms with van der Waals surface area (Å²) in [7, 11) is 0. The molecule has 0 aromatic carbocycles. The average molecular weight is 140 g/mol. The number of rotatable bonds is 6. The van der Waals surface area contributed by atoms with Gasteiger partial charge in [-0.3, -0.25) is 0 Å². The second kappa shape index (κ2) is 8.41. The van der Waals surface area contributed by atoms with Gasteiger partial charge in [0.05, 0.1) is 0 Å². The molecule has 0 aliphatic carbocycles. The highest BCUT2D eigenvalue weighted by Crippen LogP contribution is 1.96. The number of allylic oxidation sites excluding steroid dienone is 2. The number of hydrogen-bond donors (Lipinski definition) is 0. The Labute approximate surface area is 63.1 Å². The highest BCUT2D eigenvalue weighted by Gasteiger charge is 1.78. The maximum atomic E-state index is 9.86. The summed E-state index contributed by atoms with van der Waals surface area (Å²) < 4.78 is 0. The van der Waals surface area contributed by atoms with Crippen LogP contribution in [0.1, 0.15) is 39.0 Å². The number of carbonyl (C=O) groups excluding carboxylic acids is 1. The molecule has 1 heteroatoms. The molecule has 0 atom stereocenters. The first-order chi connectivity index (χ1) is 4.91. The van der Waals surface area contributed by atoms with Crippen LogP contribution in [0, 0.1) is 0 Å². The Morgan fingerprint density at radius 1 is 1.10 bits per heavy atom. The van der Waals surface area contributed by atoms with Gasteiger partial charge in [0.25, 0.3) is 0 Å². The van der Waals surface area contributed by atoms with Crippen LogP contribution < -0.4 is 0 Å². The second-order valence-corrected chi connectivity index (χ2v) is 2.36. The lowest BCUT2D eigenvalue weighted by molar-refractivity contribution is -0.107. The van der Waals surface area contributed by atoms with Gasteiger partial charge >= 0.3 is 0 Å². The zero-order valence-electron chi connectivity index (χ0n) is 6.68. The van der Waals surface area contributed by atoms with Crippen molar-refractivity contribution in [2.75, 3.05) is 0 Å². The Morgan fingerprint density at radius 2 is 1.80 bits per heavy atom. The van der Waals surface area contributed by atoms with Gasteiger partial charge in [0, 0.05) is 6.42 Å². The van der Waals surface area contributed by atoms with Gasteiger partial charge in [-0.25, -0.2) is 0 Å². The molecule has 10 heavy (non-hydrogen) atoms. The van der Waals surface area contributed by atoms with E-state index in [1.54, 1.807) is 0 Å². The molecule has 0 aliphatic heterocycles. The van der Waals surface area contributed by atoms with Gasteiger partial charge in [0.2, 0.25) is 0 Å². The highest BCUT2D eigenvalue weighted by atomic mass is 16.1. The summed E-state index contributed by atoms with van der Waals surface area (Å²) in [5, 5.41) is 0. The first-order valence-corrected chi connectivity index (χ1v) is 4.00. The lowest BCUT2D eigenvalue weighted by Crippen LogP contribution is -1.71. The number of unbranched alkanes of at least 4 members (excludes halogenated alkanes) is 3. The smallest absolute Gasteiger partial charge is 0.120 e. The van der Waals surface area contributed by atoms with Gasteiger partial charge in [-0.2, -0.15) is 0 Å². The van der Waals surface area contributed by atoms with E-state index in [0.29, 0.717) is 6.42 Å². The fourth-order valence-corrected chi connectivity index (χ4v) is 0.722. The second-order valence-electron chi connectivity index (χ2n) is 2.36. The summed E-state index contributed by atoms with van der Waals surface area (Å²) in [5.41, 5.74) is 0. The fourth-order valence-electron chi connectivity index (χ4n) is 0.722. The lowest BCUT2D eigenvalue weighted by Gasteiger charge is -1.87. The van der Waals surface area contributed by atoms with E-state index in [-0.39, 0.29) is 0 Å². The monoisotopic (exact) mass is 140 g/mol. The van der Waals surface area contributed by atoms with E-state index in [9.17, 15) is 4.79 Å². The van der Waals surface area contributed by atoms with Crippen LogP contribution in [0.2, 0.25) is 0 Å². The minimum absolute atomic E-state index is 0.669. The van der Waals surface area contributed by atoms with E-state index in [1.807, 2.05) is 0 Å². The highest BCUT2D eigenvalue weighted by molar-refractivity contribution is 5.49. The molecule has 0 spiro atoms. The van der Waals surface area contributed by atoms with Crippen molar-refractivity contribution in [1.82, 2.24) is 0 Å². The van der Waals surface area contributed by atoms with Gasteiger partial charge in [-0.15, -0.1) is 0 Å². The first-order valence-electron chi connectivity index (χ1n) is 4.00. The van der Waals surface area contributed by atoms with E-state index in [1.165, 1.54) is 12.8 Å². The molecular weight excluding hydrogens is 124 g/mol. The van der Waals surface area contributed by atoms with E-state index >= 15 is 0 Å². The summed E-state index contributed by atoms with van der Waals surface area (Å²) in [6, 6.07) is 0. The predicted octanol–water partition coefficient (Wildman–Crippen LogP) is 2.71. The molecule has 58 valence electrons. The van der Waals surface area contributed by atoms with Gasteiger partial charge < -0.3 is 4.79 Å². The molecule has 0 aromatic rings. The molecule has 0 N–H and O–H groups in total. The molecule has 0 rings (SSSR count). The largest absolute Gasteiger partial charge is 0.303 e. The van der Waals surface area contributed by atoms with Gasteiger partial charge in [0.1, 0.15) is 6.29 Å². The molecular formula is C9H16O. The van der Waals surface area contributed by atoms with E-state index in [2.05, 4.69) is 19.1 Å². The SMILES string of the molecule is CCCCC=CCCC=O. The summed E-state index contributed by atoms with van der Waals surface area (Å²) in [5.74, 6) is 0. The van der Waals surface area contributed by atoms with E-state index in [4.69, 9.17) is 0 Å². The summed E-state index contributed by atoms with van der Waals surface area (Å²) in [6.45, 7) is 2.18. The predicted molar refractivity (Wildman–Crippen MR) is 44.0 cm³/mol. The third-order valence-electron chi connectivity index (χ3n) is 1.34. The molecule has 0 heterocycles. The van der Waals surface area contributed by atoms with Crippen LogP contribution in [0.5, 0.6) is 0 Å². The van der Waals surface area contributed by atoms with Gasteiger partial charge in [-0.05, 0) is 12.8 Å². The molecule has 0 saturated carbocycles. The first kappa shape index (κ1) is 9.41. The maximum Gasteiger partial charge on any atom is 0.120 e. The summed E-state index contributed by atoms with van der Waals surface area (Å²) in [6.07, 6.45) is 10.5. The van der Waals surface area contributed by atoms with Crippen LogP contribution >= 0.6 is 0 Å². The standard InChI is InChI=1S/C9H16O/c1-2-3-4-5-6-7-8-9-10/h5-6,9H,2-4,7-8H2,1H3. The topological polar surface area (TPSA) is 17.1 Å². The Balaban J connectivity index is 2.96. The van der Waals surface area contributed by atoms with Crippen LogP contribution in [-0.4, -0.2) is 6.29 Å². The third-order valence-corrected chi connectivity index (χ3v) is 1.34. The van der Waals surface area contributed by atoms with Crippen molar-refractivity contribution in [1.29, 1.82) is 0 Å². The van der Waals surface area contributed by atoms with Crippen LogP contribution in [0.3, 0.4) is 0 Å². The van der Waals surface area contributed by atoms with Crippen molar-refractivity contribution in [3.8, 4) is 0 Å². The number of hydrogen-bond acceptors (Lipinski definition) is 1. The number of carbonyl (C=O) groups is 1. The van der Waals surface area contributed by atoms with Gasteiger partial charge in [0.15, 0.2) is 0 Å². The Bertz CT molecular complexity index is 94.9. The normalized spacial score (nSPS) is 10.5. The van der Waals surface area contributed by atoms with Crippen LogP contribution in [0.4, 0.5) is 0 Å². The van der Waals surface area contributed by atoms with Crippen molar-refractivity contribution >= 4 is 6.29 Å². The lowest BCUT2D eigenvalue weighted by atomic mass is 10.2. The van der Waals surface area contributed by atoms with Crippen LogP contribution in [0.25, 0.3) is 0 Å². The summed E-state index contributed by atoms with van der Waals surface area (Å²) in [4.78, 5) is 9.86. The summed E-state index contributed by atoms with van der Waals surface area (Å²) >= 11 is 0. The molecule has 0 saturated heterocycles. The molecule has 0 amide bonds. The van der Waals surface area contributed by atoms with Crippen molar-refractivity contribution in [2.45, 2.75) is 39.0 Å². The van der Waals surface area contributed by atoms with E-state index in [0.717, 1.165) is 19.1 Å². The molecule has 1 nitrogen and oxygen atoms in total. The molecule has 0 unspecified atom stereocenters. The molecule has 0 bridgehead atoms. The Hall–Kier alpha value is -0.590. The zero-order valence-corrected chi connectivity index (χ0v) is 6.68. The molecule has 0 aromatic heterocycles. The minimum atomic E-state index is 0.669. The van der Waals surface area contributed by atoms with Crippen molar-refractivity contribution in [3.05, 3.63) is 12.2 Å². The van der Waals surface area contributed by atoms with Crippen LogP contribution in [0.15, 0.2) is 12.2 Å². The maximum absolute atomic E-state index is 9.86. The molecule has 0 radical (unpaired) electrons. The van der Waals surface area contributed by atoms with E-state index < -0.39 is 0 Å². The van der Waals surface area contributed by atoms with Crippen LogP contribution in [-0.2, 0) is 4.79 Å². The zero-order chi connectivity index (χ0) is 7.66. The Kier molecular flexibility index (Phi) is 7.91. The average Bonchev–Trinajstić information content (AvgIpc) is 1.97. The molecule has 0 aliphatic rings. The van der Waals surface area contributed by atoms with Crippen molar-refractivity contribution in [3.63, 3.8) is 0 Å². The van der Waals surface area contributed by atoms with Gasteiger partial charge in [-0.1, -0.05) is 31.9 Å². The minimum Gasteiger partial charge on any atom is -0.303 e. The van der Waals surface area contributed by atoms with Crippen molar-refractivity contribution < 1.29 is 4.79 Å². The molecule has 0 fully saturated rings. The fraction of sp³-hybridized carbons (Fsp3) is 0.667. The Morgan fingerprint density at radius 3 is 2.40 bits per heavy atom. The number of aldehydes is 1. The third kappa shape index (κ3) is 7.41. The quantitative estimate of drug-likeness (QED) is 0.315.